The molecule has 5 rings (SSSR count). The number of rotatable bonds is 5. The summed E-state index contributed by atoms with van der Waals surface area (Å²) in [4.78, 5) is 17.5. The Hall–Kier alpha value is -2.39. The number of hydrogen-bond donors (Lipinski definition) is 0. The van der Waals surface area contributed by atoms with Crippen LogP contribution >= 0.6 is 0 Å². The van der Waals surface area contributed by atoms with Crippen molar-refractivity contribution in [3.05, 3.63) is 77.4 Å². The molecule has 1 aliphatic carbocycles. The molecule has 2 atom stereocenters. The third kappa shape index (κ3) is 3.89. The second-order valence-electron chi connectivity index (χ2n) is 8.83. The maximum Gasteiger partial charge on any atom is 0.253 e. The Kier molecular flexibility index (Phi) is 5.24. The number of benzene rings is 2. The summed E-state index contributed by atoms with van der Waals surface area (Å²) in [5, 5.41) is 0. The molecule has 2 aromatic rings. The molecule has 0 saturated carbocycles. The molecule has 3 nitrogen and oxygen atoms in total. The first-order chi connectivity index (χ1) is 14.3. The van der Waals surface area contributed by atoms with Crippen LogP contribution in [0.25, 0.3) is 5.57 Å². The summed E-state index contributed by atoms with van der Waals surface area (Å²) in [6.45, 7) is 5.45. The zero-order valence-electron chi connectivity index (χ0n) is 17.1. The normalized spacial score (nSPS) is 24.0. The van der Waals surface area contributed by atoms with E-state index in [0.717, 1.165) is 31.5 Å². The second-order valence-corrected chi connectivity index (χ2v) is 8.83. The minimum absolute atomic E-state index is 0.177. The first-order valence-corrected chi connectivity index (χ1v) is 11.1. The van der Waals surface area contributed by atoms with E-state index in [4.69, 9.17) is 0 Å². The third-order valence-electron chi connectivity index (χ3n) is 6.99. The Bertz CT molecular complexity index is 881. The minimum atomic E-state index is 0.177. The van der Waals surface area contributed by atoms with E-state index in [1.165, 1.54) is 49.2 Å². The highest BCUT2D eigenvalue weighted by molar-refractivity contribution is 5.94. The summed E-state index contributed by atoms with van der Waals surface area (Å²) < 4.78 is 0. The topological polar surface area (TPSA) is 23.6 Å². The van der Waals surface area contributed by atoms with Crippen LogP contribution < -0.4 is 0 Å². The van der Waals surface area contributed by atoms with E-state index in [9.17, 15) is 4.79 Å². The molecule has 29 heavy (non-hydrogen) atoms. The van der Waals surface area contributed by atoms with Crippen LogP contribution in [0.3, 0.4) is 0 Å². The number of amides is 1. The van der Waals surface area contributed by atoms with Crippen molar-refractivity contribution in [2.45, 2.75) is 25.7 Å². The van der Waals surface area contributed by atoms with Gasteiger partial charge >= 0.3 is 0 Å². The number of fused-ring (bicyclic) bond motifs is 1. The molecule has 0 bridgehead atoms. The van der Waals surface area contributed by atoms with E-state index in [1.807, 2.05) is 30.3 Å². The molecule has 2 saturated heterocycles. The number of likely N-dealkylation sites (tertiary alicyclic amines) is 2. The lowest BCUT2D eigenvalue weighted by atomic mass is 9.90. The van der Waals surface area contributed by atoms with Crippen LogP contribution in [-0.2, 0) is 6.42 Å². The zero-order chi connectivity index (χ0) is 19.6. The molecular formula is C26H30N2O. The molecule has 0 aromatic heterocycles. The zero-order valence-corrected chi connectivity index (χ0v) is 17.1. The Morgan fingerprint density at radius 2 is 1.69 bits per heavy atom. The third-order valence-corrected chi connectivity index (χ3v) is 6.99. The van der Waals surface area contributed by atoms with Gasteiger partial charge in [-0.3, -0.25) is 4.79 Å². The Balaban J connectivity index is 1.22. The van der Waals surface area contributed by atoms with Crippen molar-refractivity contribution in [2.75, 3.05) is 32.7 Å². The molecule has 0 radical (unpaired) electrons. The Morgan fingerprint density at radius 3 is 2.45 bits per heavy atom. The van der Waals surface area contributed by atoms with E-state index < -0.39 is 0 Å². The van der Waals surface area contributed by atoms with E-state index in [0.29, 0.717) is 11.8 Å². The number of hydrogen-bond acceptors (Lipinski definition) is 2. The number of allylic oxidation sites excluding steroid dienone is 1. The molecule has 2 fully saturated rings. The first kappa shape index (κ1) is 18.6. The van der Waals surface area contributed by atoms with E-state index in [2.05, 4.69) is 40.1 Å². The summed E-state index contributed by atoms with van der Waals surface area (Å²) in [6, 6.07) is 18.9. The molecule has 2 unspecified atom stereocenters. The van der Waals surface area contributed by atoms with Crippen LogP contribution in [0, 0.1) is 11.8 Å². The quantitative estimate of drug-likeness (QED) is 0.755. The fourth-order valence-electron chi connectivity index (χ4n) is 5.31. The minimum Gasteiger partial charge on any atom is -0.338 e. The van der Waals surface area contributed by atoms with Gasteiger partial charge in [0, 0.05) is 31.1 Å². The van der Waals surface area contributed by atoms with Crippen molar-refractivity contribution >= 4 is 11.5 Å². The van der Waals surface area contributed by atoms with Gasteiger partial charge in [0.2, 0.25) is 0 Å². The Morgan fingerprint density at radius 1 is 0.931 bits per heavy atom. The molecular weight excluding hydrogens is 356 g/mol. The largest absolute Gasteiger partial charge is 0.338 e. The lowest BCUT2D eigenvalue weighted by molar-refractivity contribution is 0.0785. The number of nitrogens with zero attached hydrogens (tertiary/aromatic N) is 2. The molecule has 2 aliphatic heterocycles. The van der Waals surface area contributed by atoms with Gasteiger partial charge in [0.25, 0.3) is 5.91 Å². The van der Waals surface area contributed by atoms with Gasteiger partial charge < -0.3 is 9.80 Å². The average molecular weight is 387 g/mol. The van der Waals surface area contributed by atoms with E-state index in [1.54, 1.807) is 0 Å². The maximum atomic E-state index is 12.8. The van der Waals surface area contributed by atoms with Gasteiger partial charge in [-0.25, -0.2) is 0 Å². The highest BCUT2D eigenvalue weighted by atomic mass is 16.2. The van der Waals surface area contributed by atoms with Gasteiger partial charge in [0.05, 0.1) is 0 Å². The maximum absolute atomic E-state index is 12.8. The lowest BCUT2D eigenvalue weighted by Crippen LogP contribution is -2.29. The van der Waals surface area contributed by atoms with Crippen molar-refractivity contribution in [3.8, 4) is 0 Å². The van der Waals surface area contributed by atoms with Crippen LogP contribution in [-0.4, -0.2) is 48.4 Å². The van der Waals surface area contributed by atoms with Gasteiger partial charge in [-0.1, -0.05) is 48.5 Å². The van der Waals surface area contributed by atoms with Crippen LogP contribution in [0.15, 0.2) is 60.7 Å². The number of carbonyl (C=O) groups excluding carboxylic acids is 1. The van der Waals surface area contributed by atoms with Crippen molar-refractivity contribution in [2.24, 2.45) is 11.8 Å². The molecule has 0 spiro atoms. The molecule has 0 N–H and O–H groups in total. The van der Waals surface area contributed by atoms with E-state index >= 15 is 0 Å². The van der Waals surface area contributed by atoms with Crippen LogP contribution in [0.5, 0.6) is 0 Å². The predicted octanol–water partition coefficient (Wildman–Crippen LogP) is 4.50. The summed E-state index contributed by atoms with van der Waals surface area (Å²) in [5.41, 5.74) is 5.03. The Labute approximate surface area is 174 Å². The van der Waals surface area contributed by atoms with Gasteiger partial charge in [-0.2, -0.15) is 0 Å². The molecule has 3 aliphatic rings. The second kappa shape index (κ2) is 8.16. The van der Waals surface area contributed by atoms with Crippen molar-refractivity contribution in [1.29, 1.82) is 0 Å². The average Bonchev–Trinajstić information content (AvgIpc) is 3.50. The molecule has 2 heterocycles. The lowest BCUT2D eigenvalue weighted by Gasteiger charge is -2.18. The van der Waals surface area contributed by atoms with Crippen LogP contribution in [0.2, 0.25) is 0 Å². The molecule has 1 amide bonds. The van der Waals surface area contributed by atoms with Crippen molar-refractivity contribution in [3.63, 3.8) is 0 Å². The van der Waals surface area contributed by atoms with Gasteiger partial charge in [-0.05, 0) is 73.5 Å². The summed E-state index contributed by atoms with van der Waals surface area (Å²) in [5.74, 6) is 1.24. The van der Waals surface area contributed by atoms with Crippen LogP contribution in [0.4, 0.5) is 0 Å². The summed E-state index contributed by atoms with van der Waals surface area (Å²) in [7, 11) is 0. The van der Waals surface area contributed by atoms with Gasteiger partial charge in [0.1, 0.15) is 0 Å². The monoisotopic (exact) mass is 386 g/mol. The SMILES string of the molecule is O=C(c1ccccc1)N1CC2CC=C(c3ccc(CCN4CCCC4)cc3)C2C1. The first-order valence-electron chi connectivity index (χ1n) is 11.1. The fourth-order valence-corrected chi connectivity index (χ4v) is 5.31. The standard InChI is InChI=1S/C26H30N2O/c29-26(22-6-2-1-3-7-22)28-18-23-12-13-24(25(23)19-28)21-10-8-20(9-11-21)14-17-27-15-4-5-16-27/h1-3,6-11,13,23,25H,4-5,12,14-19H2. The molecule has 150 valence electrons. The smallest absolute Gasteiger partial charge is 0.253 e. The predicted molar refractivity (Wildman–Crippen MR) is 118 cm³/mol. The van der Waals surface area contributed by atoms with Gasteiger partial charge in [-0.15, -0.1) is 0 Å². The number of carbonyl (C=O) groups is 1. The highest BCUT2D eigenvalue weighted by Gasteiger charge is 2.40. The van der Waals surface area contributed by atoms with Crippen LogP contribution in [0.1, 0.15) is 40.7 Å². The highest BCUT2D eigenvalue weighted by Crippen LogP contribution is 2.43. The summed E-state index contributed by atoms with van der Waals surface area (Å²) >= 11 is 0. The molecule has 2 aromatic carbocycles. The van der Waals surface area contributed by atoms with E-state index in [-0.39, 0.29) is 5.91 Å². The summed E-state index contributed by atoms with van der Waals surface area (Å²) in [6.07, 6.45) is 7.37. The molecule has 3 heteroatoms. The van der Waals surface area contributed by atoms with Gasteiger partial charge in [0.15, 0.2) is 0 Å². The van der Waals surface area contributed by atoms with Crippen molar-refractivity contribution < 1.29 is 4.79 Å². The fraction of sp³-hybridized carbons (Fsp3) is 0.423. The van der Waals surface area contributed by atoms with Crippen molar-refractivity contribution in [1.82, 2.24) is 9.80 Å².